The van der Waals surface area contributed by atoms with E-state index in [1.807, 2.05) is 0 Å². The van der Waals surface area contributed by atoms with Crippen molar-refractivity contribution in [2.24, 2.45) is 0 Å². The van der Waals surface area contributed by atoms with Crippen molar-refractivity contribution in [3.05, 3.63) is 60.9 Å². The molecular formula is C18H16F3N5O3S. The second-order valence-corrected chi connectivity index (χ2v) is 7.73. The fourth-order valence-corrected chi connectivity index (χ4v) is 3.16. The predicted molar refractivity (Wildman–Crippen MR) is 104 cm³/mol. The Bertz CT molecular complexity index is 1120. The highest BCUT2D eigenvalue weighted by Gasteiger charge is 2.30. The van der Waals surface area contributed by atoms with E-state index in [-0.39, 0.29) is 10.6 Å². The van der Waals surface area contributed by atoms with Gasteiger partial charge in [0.1, 0.15) is 23.7 Å². The molecule has 0 radical (unpaired) electrons. The minimum atomic E-state index is -4.76. The summed E-state index contributed by atoms with van der Waals surface area (Å²) in [5.74, 6) is 0.411. The van der Waals surface area contributed by atoms with Crippen LogP contribution in [0.5, 0.6) is 5.75 Å². The van der Waals surface area contributed by atoms with Crippen molar-refractivity contribution in [1.82, 2.24) is 14.7 Å². The van der Waals surface area contributed by atoms with Crippen molar-refractivity contribution in [2.45, 2.75) is 11.3 Å². The average molecular weight is 439 g/mol. The third-order valence-corrected chi connectivity index (χ3v) is 5.12. The van der Waals surface area contributed by atoms with E-state index in [2.05, 4.69) is 30.1 Å². The molecule has 0 bridgehead atoms. The molecule has 2 aromatic carbocycles. The molecule has 8 nitrogen and oxygen atoms in total. The quantitative estimate of drug-likeness (QED) is 0.515. The summed E-state index contributed by atoms with van der Waals surface area (Å²) in [6.07, 6.45) is -3.48. The molecule has 0 aliphatic rings. The Hall–Kier alpha value is -3.38. The number of nitrogens with one attached hydrogen (secondary N) is 3. The molecule has 0 amide bonds. The van der Waals surface area contributed by atoms with Crippen molar-refractivity contribution in [3.8, 4) is 5.75 Å². The molecule has 0 saturated carbocycles. The van der Waals surface area contributed by atoms with E-state index in [1.54, 1.807) is 18.2 Å². The molecule has 12 heteroatoms. The number of nitrogens with zero attached hydrogens (tertiary/aromatic N) is 2. The first-order chi connectivity index (χ1) is 14.1. The Morgan fingerprint density at radius 2 is 1.53 bits per heavy atom. The Morgan fingerprint density at radius 1 is 0.900 bits per heavy atom. The number of hydrogen-bond donors (Lipinski definition) is 3. The van der Waals surface area contributed by atoms with Gasteiger partial charge in [0.15, 0.2) is 0 Å². The molecule has 30 heavy (non-hydrogen) atoms. The van der Waals surface area contributed by atoms with Crippen LogP contribution in [0.1, 0.15) is 0 Å². The fourth-order valence-electron chi connectivity index (χ4n) is 2.39. The van der Waals surface area contributed by atoms with Gasteiger partial charge in [-0.25, -0.2) is 23.1 Å². The van der Waals surface area contributed by atoms with Crippen molar-refractivity contribution < 1.29 is 26.3 Å². The Kier molecular flexibility index (Phi) is 6.08. The van der Waals surface area contributed by atoms with E-state index < -0.39 is 16.4 Å². The zero-order valence-electron chi connectivity index (χ0n) is 15.4. The minimum absolute atomic E-state index is 0.0866. The van der Waals surface area contributed by atoms with Crippen LogP contribution in [0.25, 0.3) is 0 Å². The molecule has 0 fully saturated rings. The number of sulfonamides is 1. The molecule has 0 unspecified atom stereocenters. The summed E-state index contributed by atoms with van der Waals surface area (Å²) in [5.41, 5.74) is 0.973. The van der Waals surface area contributed by atoms with Crippen LogP contribution in [0, 0.1) is 0 Å². The first-order valence-corrected chi connectivity index (χ1v) is 9.88. The number of rotatable bonds is 7. The topological polar surface area (TPSA) is 105 Å². The molecule has 3 aromatic rings. The standard InChI is InChI=1S/C18H16F3N5O3S/c1-22-30(27,28)15-4-2-3-13(9-15)26-17-10-16(23-11-24-17)25-12-5-7-14(8-6-12)29-18(19,20)21/h2-11,22H,1H3,(H2,23,24,25,26). The maximum Gasteiger partial charge on any atom is 0.573 e. The lowest BCUT2D eigenvalue weighted by Gasteiger charge is -2.11. The van der Waals surface area contributed by atoms with E-state index >= 15 is 0 Å². The first-order valence-electron chi connectivity index (χ1n) is 8.40. The van der Waals surface area contributed by atoms with Crippen LogP contribution in [0.3, 0.4) is 0 Å². The summed E-state index contributed by atoms with van der Waals surface area (Å²) in [6, 6.07) is 12.9. The third-order valence-electron chi connectivity index (χ3n) is 3.71. The van der Waals surface area contributed by atoms with Gasteiger partial charge in [-0.15, -0.1) is 13.2 Å². The Labute approximate surface area is 170 Å². The van der Waals surface area contributed by atoms with Gasteiger partial charge in [0, 0.05) is 17.4 Å². The molecule has 0 atom stereocenters. The third kappa shape index (κ3) is 5.81. The fraction of sp³-hybridized carbons (Fsp3) is 0.111. The van der Waals surface area contributed by atoms with Gasteiger partial charge in [-0.3, -0.25) is 0 Å². The predicted octanol–water partition coefficient (Wildman–Crippen LogP) is 3.77. The molecular weight excluding hydrogens is 423 g/mol. The molecule has 3 N–H and O–H groups in total. The number of ether oxygens (including phenoxy) is 1. The second kappa shape index (κ2) is 8.55. The van der Waals surface area contributed by atoms with Gasteiger partial charge in [-0.1, -0.05) is 6.07 Å². The van der Waals surface area contributed by atoms with E-state index in [1.165, 1.54) is 49.8 Å². The van der Waals surface area contributed by atoms with E-state index in [9.17, 15) is 21.6 Å². The molecule has 0 saturated heterocycles. The average Bonchev–Trinajstić information content (AvgIpc) is 2.69. The number of alkyl halides is 3. The minimum Gasteiger partial charge on any atom is -0.406 e. The summed E-state index contributed by atoms with van der Waals surface area (Å²) in [7, 11) is -2.27. The van der Waals surface area contributed by atoms with Crippen molar-refractivity contribution in [2.75, 3.05) is 17.7 Å². The van der Waals surface area contributed by atoms with Gasteiger partial charge in [0.05, 0.1) is 4.90 Å². The highest BCUT2D eigenvalue weighted by molar-refractivity contribution is 7.89. The molecule has 1 heterocycles. The molecule has 0 spiro atoms. The van der Waals surface area contributed by atoms with Gasteiger partial charge in [0.25, 0.3) is 0 Å². The zero-order chi connectivity index (χ0) is 21.8. The first kappa shape index (κ1) is 21.3. The highest BCUT2D eigenvalue weighted by Crippen LogP contribution is 2.26. The maximum atomic E-state index is 12.2. The molecule has 0 aliphatic carbocycles. The number of halogens is 3. The van der Waals surface area contributed by atoms with Gasteiger partial charge >= 0.3 is 6.36 Å². The second-order valence-electron chi connectivity index (χ2n) is 5.85. The highest BCUT2D eigenvalue weighted by atomic mass is 32.2. The van der Waals surface area contributed by atoms with Crippen LogP contribution in [-0.2, 0) is 10.0 Å². The largest absolute Gasteiger partial charge is 0.573 e. The van der Waals surface area contributed by atoms with Gasteiger partial charge < -0.3 is 15.4 Å². The monoisotopic (exact) mass is 439 g/mol. The number of benzene rings is 2. The van der Waals surface area contributed by atoms with Crippen LogP contribution in [0.2, 0.25) is 0 Å². The molecule has 0 aliphatic heterocycles. The Balaban J connectivity index is 1.72. The van der Waals surface area contributed by atoms with Crippen molar-refractivity contribution in [3.63, 3.8) is 0 Å². The zero-order valence-corrected chi connectivity index (χ0v) is 16.3. The van der Waals surface area contributed by atoms with Crippen molar-refractivity contribution >= 4 is 33.0 Å². The molecule has 158 valence electrons. The van der Waals surface area contributed by atoms with Crippen LogP contribution >= 0.6 is 0 Å². The number of anilines is 4. The Morgan fingerprint density at radius 3 is 2.13 bits per heavy atom. The van der Waals surface area contributed by atoms with E-state index in [0.29, 0.717) is 23.0 Å². The normalized spacial score (nSPS) is 11.7. The van der Waals surface area contributed by atoms with Gasteiger partial charge in [-0.2, -0.15) is 0 Å². The maximum absolute atomic E-state index is 12.2. The summed E-state index contributed by atoms with van der Waals surface area (Å²) in [6.45, 7) is 0. The number of aromatic nitrogens is 2. The summed E-state index contributed by atoms with van der Waals surface area (Å²) in [5, 5.41) is 5.90. The molecule has 1 aromatic heterocycles. The van der Waals surface area contributed by atoms with E-state index in [4.69, 9.17) is 0 Å². The lowest BCUT2D eigenvalue weighted by Crippen LogP contribution is -2.18. The van der Waals surface area contributed by atoms with Crippen LogP contribution in [0.15, 0.2) is 65.8 Å². The van der Waals surface area contributed by atoms with Crippen LogP contribution < -0.4 is 20.1 Å². The smallest absolute Gasteiger partial charge is 0.406 e. The van der Waals surface area contributed by atoms with E-state index in [0.717, 1.165) is 0 Å². The summed E-state index contributed by atoms with van der Waals surface area (Å²) in [4.78, 5) is 8.21. The lowest BCUT2D eigenvalue weighted by atomic mass is 10.3. The molecule has 3 rings (SSSR count). The van der Waals surface area contributed by atoms with Gasteiger partial charge in [0.2, 0.25) is 10.0 Å². The van der Waals surface area contributed by atoms with Crippen LogP contribution in [-0.4, -0.2) is 31.8 Å². The van der Waals surface area contributed by atoms with Crippen molar-refractivity contribution in [1.29, 1.82) is 0 Å². The summed E-state index contributed by atoms with van der Waals surface area (Å²) >= 11 is 0. The number of hydrogen-bond acceptors (Lipinski definition) is 7. The summed E-state index contributed by atoms with van der Waals surface area (Å²) < 4.78 is 66.6. The van der Waals surface area contributed by atoms with Gasteiger partial charge in [-0.05, 0) is 49.5 Å². The SMILES string of the molecule is CNS(=O)(=O)c1cccc(Nc2cc(Nc3ccc(OC(F)(F)F)cc3)ncn2)c1. The lowest BCUT2D eigenvalue weighted by molar-refractivity contribution is -0.274. The van der Waals surface area contributed by atoms with Crippen LogP contribution in [0.4, 0.5) is 36.2 Å².